The van der Waals surface area contributed by atoms with Gasteiger partial charge in [0.2, 0.25) is 5.88 Å². The summed E-state index contributed by atoms with van der Waals surface area (Å²) >= 11 is 12.7. The minimum absolute atomic E-state index is 0.0439. The summed E-state index contributed by atoms with van der Waals surface area (Å²) < 4.78 is 28.5. The van der Waals surface area contributed by atoms with Gasteiger partial charge in [0.1, 0.15) is 23.1 Å². The van der Waals surface area contributed by atoms with Gasteiger partial charge in [-0.1, -0.05) is 48.7 Å². The van der Waals surface area contributed by atoms with E-state index in [2.05, 4.69) is 6.07 Å². The highest BCUT2D eigenvalue weighted by molar-refractivity contribution is 6.37. The SMILES string of the molecule is CCCCOc1c(Cl)cc(C(=O)Oc2ccc3c(c2)OC(N)=C(C#N)C3c2ccc(OCC)c(OCC)c2)cc1Cl. The lowest BCUT2D eigenvalue weighted by Gasteiger charge is -2.27. The third-order valence-corrected chi connectivity index (χ3v) is 6.84. The molecule has 0 aliphatic carbocycles. The molecule has 3 aromatic rings. The number of carbonyl (C=O) groups excluding carboxylic acids is 1. The van der Waals surface area contributed by atoms with Crippen LogP contribution in [-0.2, 0) is 0 Å². The Bertz CT molecular complexity index is 1490. The Hall–Kier alpha value is -4.06. The molecule has 3 aromatic carbocycles. The van der Waals surface area contributed by atoms with Crippen molar-refractivity contribution in [3.8, 4) is 34.8 Å². The van der Waals surface area contributed by atoms with Crippen LogP contribution >= 0.6 is 23.2 Å². The van der Waals surface area contributed by atoms with E-state index in [0.717, 1.165) is 18.4 Å². The molecule has 0 radical (unpaired) electrons. The first-order valence-corrected chi connectivity index (χ1v) is 14.0. The molecule has 0 saturated carbocycles. The molecule has 1 aliphatic heterocycles. The van der Waals surface area contributed by atoms with Crippen LogP contribution in [0, 0.1) is 11.3 Å². The molecule has 10 heteroatoms. The molecule has 0 saturated heterocycles. The van der Waals surface area contributed by atoms with Gasteiger partial charge in [-0.25, -0.2) is 4.79 Å². The standard InChI is InChI=1S/C31H30Cl2N2O6/c1-4-7-12-39-29-23(32)13-19(14-24(29)33)31(36)40-20-9-10-21-26(16-20)41-30(35)22(17-34)28(21)18-8-11-25(37-5-2)27(15-18)38-6-3/h8-11,13-16,28H,4-7,12,35H2,1-3H3. The van der Waals surface area contributed by atoms with E-state index in [0.29, 0.717) is 48.4 Å². The van der Waals surface area contributed by atoms with Gasteiger partial charge >= 0.3 is 5.97 Å². The first-order valence-electron chi connectivity index (χ1n) is 13.3. The monoisotopic (exact) mass is 596 g/mol. The molecule has 0 fully saturated rings. The van der Waals surface area contributed by atoms with Crippen molar-refractivity contribution in [1.29, 1.82) is 5.26 Å². The number of hydrogen-bond donors (Lipinski definition) is 1. The highest BCUT2D eigenvalue weighted by Crippen LogP contribution is 2.45. The maximum Gasteiger partial charge on any atom is 0.343 e. The third-order valence-electron chi connectivity index (χ3n) is 6.28. The molecule has 214 valence electrons. The summed E-state index contributed by atoms with van der Waals surface area (Å²) in [5, 5.41) is 10.3. The molecule has 2 N–H and O–H groups in total. The van der Waals surface area contributed by atoms with E-state index in [4.69, 9.17) is 52.6 Å². The molecule has 0 spiro atoms. The van der Waals surface area contributed by atoms with E-state index in [1.165, 1.54) is 12.1 Å². The minimum atomic E-state index is -0.671. The van der Waals surface area contributed by atoms with Crippen molar-refractivity contribution < 1.29 is 28.5 Å². The average Bonchev–Trinajstić information content (AvgIpc) is 2.94. The molecular weight excluding hydrogens is 567 g/mol. The topological polar surface area (TPSA) is 113 Å². The van der Waals surface area contributed by atoms with Gasteiger partial charge in [0.25, 0.3) is 0 Å². The Morgan fingerprint density at radius 3 is 2.34 bits per heavy atom. The molecule has 1 atom stereocenters. The van der Waals surface area contributed by atoms with Gasteiger partial charge < -0.3 is 29.4 Å². The summed E-state index contributed by atoms with van der Waals surface area (Å²) in [7, 11) is 0. The number of benzene rings is 3. The van der Waals surface area contributed by atoms with Crippen LogP contribution in [0.4, 0.5) is 0 Å². The third kappa shape index (κ3) is 6.64. The number of rotatable bonds is 11. The maximum atomic E-state index is 13.0. The summed E-state index contributed by atoms with van der Waals surface area (Å²) in [6.07, 6.45) is 1.80. The number of nitrogens with two attached hydrogens (primary N) is 1. The number of unbranched alkanes of at least 4 members (excludes halogenated alkanes) is 1. The minimum Gasteiger partial charge on any atom is -0.490 e. The van der Waals surface area contributed by atoms with Crippen molar-refractivity contribution in [2.45, 2.75) is 39.5 Å². The van der Waals surface area contributed by atoms with E-state index in [9.17, 15) is 10.1 Å². The fourth-order valence-corrected chi connectivity index (χ4v) is 4.99. The number of hydrogen-bond acceptors (Lipinski definition) is 8. The van der Waals surface area contributed by atoms with Crippen LogP contribution in [0.1, 0.15) is 61.0 Å². The summed E-state index contributed by atoms with van der Waals surface area (Å²) in [4.78, 5) is 13.0. The van der Waals surface area contributed by atoms with Crippen LogP contribution in [0.3, 0.4) is 0 Å². The number of esters is 1. The van der Waals surface area contributed by atoms with Crippen LogP contribution in [-0.4, -0.2) is 25.8 Å². The second-order valence-corrected chi connectivity index (χ2v) is 9.87. The van der Waals surface area contributed by atoms with Gasteiger partial charge in [0.15, 0.2) is 17.2 Å². The van der Waals surface area contributed by atoms with Crippen LogP contribution in [0.25, 0.3) is 0 Å². The molecule has 41 heavy (non-hydrogen) atoms. The molecule has 4 rings (SSSR count). The van der Waals surface area contributed by atoms with E-state index in [1.807, 2.05) is 32.9 Å². The zero-order valence-electron chi connectivity index (χ0n) is 23.0. The van der Waals surface area contributed by atoms with Gasteiger partial charge in [0, 0.05) is 11.6 Å². The molecule has 0 amide bonds. The Morgan fingerprint density at radius 2 is 1.68 bits per heavy atom. The van der Waals surface area contributed by atoms with Crippen molar-refractivity contribution in [3.05, 3.63) is 86.7 Å². The summed E-state index contributed by atoms with van der Waals surface area (Å²) in [5.41, 5.74) is 8.00. The highest BCUT2D eigenvalue weighted by Gasteiger charge is 2.32. The van der Waals surface area contributed by atoms with Gasteiger partial charge in [0.05, 0.1) is 41.3 Å². The number of carbonyl (C=O) groups is 1. The van der Waals surface area contributed by atoms with Crippen molar-refractivity contribution >= 4 is 29.2 Å². The molecular formula is C31H30Cl2N2O6. The Morgan fingerprint density at radius 1 is 0.976 bits per heavy atom. The van der Waals surface area contributed by atoms with Gasteiger partial charge in [-0.05, 0) is 56.2 Å². The van der Waals surface area contributed by atoms with Crippen LogP contribution in [0.5, 0.6) is 28.7 Å². The summed E-state index contributed by atoms with van der Waals surface area (Å²) in [6.45, 7) is 7.20. The second kappa shape index (κ2) is 13.5. The molecule has 0 bridgehead atoms. The maximum absolute atomic E-state index is 13.0. The number of allylic oxidation sites excluding steroid dienone is 1. The Kier molecular flexibility index (Phi) is 9.87. The summed E-state index contributed by atoms with van der Waals surface area (Å²) in [6, 6.07) is 15.4. The zero-order chi connectivity index (χ0) is 29.5. The lowest BCUT2D eigenvalue weighted by molar-refractivity contribution is 0.0734. The Balaban J connectivity index is 1.63. The van der Waals surface area contributed by atoms with Gasteiger partial charge in [-0.15, -0.1) is 0 Å². The number of nitriles is 1. The van der Waals surface area contributed by atoms with Crippen molar-refractivity contribution in [2.24, 2.45) is 5.73 Å². The number of fused-ring (bicyclic) bond motifs is 1. The fourth-order valence-electron chi connectivity index (χ4n) is 4.39. The lowest BCUT2D eigenvalue weighted by Crippen LogP contribution is -2.21. The van der Waals surface area contributed by atoms with E-state index in [-0.39, 0.29) is 32.8 Å². The molecule has 1 aliphatic rings. The Labute approximate surface area is 249 Å². The van der Waals surface area contributed by atoms with E-state index >= 15 is 0 Å². The number of nitrogens with zero attached hydrogens (tertiary/aromatic N) is 1. The van der Waals surface area contributed by atoms with E-state index in [1.54, 1.807) is 24.3 Å². The lowest BCUT2D eigenvalue weighted by atomic mass is 9.83. The fraction of sp³-hybridized carbons (Fsp3) is 0.290. The first kappa shape index (κ1) is 29.9. The largest absolute Gasteiger partial charge is 0.490 e. The van der Waals surface area contributed by atoms with E-state index < -0.39 is 11.9 Å². The smallest absolute Gasteiger partial charge is 0.343 e. The normalized spacial score (nSPS) is 14.0. The highest BCUT2D eigenvalue weighted by atomic mass is 35.5. The zero-order valence-corrected chi connectivity index (χ0v) is 24.5. The summed E-state index contributed by atoms with van der Waals surface area (Å²) in [5.74, 6) is 0.777. The quantitative estimate of drug-likeness (QED) is 0.138. The molecule has 8 nitrogen and oxygen atoms in total. The average molecular weight is 597 g/mol. The predicted molar refractivity (Wildman–Crippen MR) is 156 cm³/mol. The molecule has 1 unspecified atom stereocenters. The van der Waals surface area contributed by atoms with Gasteiger partial charge in [-0.3, -0.25) is 0 Å². The molecule has 0 aromatic heterocycles. The first-order chi connectivity index (χ1) is 19.8. The van der Waals surface area contributed by atoms with Gasteiger partial charge in [-0.2, -0.15) is 5.26 Å². The van der Waals surface area contributed by atoms with Crippen LogP contribution in [0.15, 0.2) is 60.0 Å². The predicted octanol–water partition coefficient (Wildman–Crippen LogP) is 7.41. The van der Waals surface area contributed by atoms with Crippen LogP contribution in [0.2, 0.25) is 10.0 Å². The second-order valence-electron chi connectivity index (χ2n) is 9.06. The van der Waals surface area contributed by atoms with Crippen LogP contribution < -0.4 is 29.4 Å². The number of ether oxygens (including phenoxy) is 5. The number of halogens is 2. The molecule has 1 heterocycles. The van der Waals surface area contributed by atoms with Crippen molar-refractivity contribution in [3.63, 3.8) is 0 Å². The van der Waals surface area contributed by atoms with Crippen molar-refractivity contribution in [1.82, 2.24) is 0 Å². The van der Waals surface area contributed by atoms with Crippen molar-refractivity contribution in [2.75, 3.05) is 19.8 Å².